The van der Waals surface area contributed by atoms with E-state index in [4.69, 9.17) is 25.8 Å². The minimum absolute atomic E-state index is 1.11. The van der Waals surface area contributed by atoms with Gasteiger partial charge in [-0.25, -0.2) is 0 Å². The molecule has 0 aromatic carbocycles. The van der Waals surface area contributed by atoms with Gasteiger partial charge in [0.05, 0.1) is 0 Å². The first-order valence-corrected chi connectivity index (χ1v) is 3.21. The van der Waals surface area contributed by atoms with Crippen LogP contribution in [0.1, 0.15) is 0 Å². The molecule has 0 atom stereocenters. The Morgan fingerprint density at radius 3 is 1.23 bits per heavy atom. The molecule has 1 rings (SSSR count). The third-order valence-electron chi connectivity index (χ3n) is 1.54. The van der Waals surface area contributed by atoms with Crippen molar-refractivity contribution in [2.24, 2.45) is 0 Å². The van der Waals surface area contributed by atoms with E-state index in [0.717, 1.165) is 12.2 Å². The fourth-order valence-electron chi connectivity index (χ4n) is 0.847. The van der Waals surface area contributed by atoms with Crippen LogP contribution in [0.2, 0.25) is 0 Å². The summed E-state index contributed by atoms with van der Waals surface area (Å²) in [6.45, 7) is 0. The average Bonchev–Trinajstić information content (AvgIpc) is 2.59. The molecule has 0 saturated carbocycles. The highest BCUT2D eigenvalue weighted by molar-refractivity contribution is 5.42. The van der Waals surface area contributed by atoms with Crippen LogP contribution >= 0.6 is 0 Å². The predicted molar refractivity (Wildman–Crippen MR) is 38.1 cm³/mol. The van der Waals surface area contributed by atoms with Gasteiger partial charge in [0, 0.05) is 0 Å². The first-order chi connectivity index (χ1) is 6.16. The Morgan fingerprint density at radius 1 is 0.769 bits per heavy atom. The van der Waals surface area contributed by atoms with Crippen LogP contribution < -0.4 is 0 Å². The normalized spacial score (nSPS) is 20.6. The van der Waals surface area contributed by atoms with Gasteiger partial charge in [-0.1, -0.05) is 0 Å². The molecule has 1 aliphatic rings. The van der Waals surface area contributed by atoms with Gasteiger partial charge in [0.15, 0.2) is 0 Å². The average molecular weight is 170 g/mol. The minimum Gasteiger partial charge on any atom is -0.306 e. The molecule has 1 aliphatic heterocycles. The fraction of sp³-hybridized carbons (Fsp3) is 0.250. The molecular weight excluding hydrogens is 168 g/mol. The highest BCUT2D eigenvalue weighted by Crippen LogP contribution is 2.29. The van der Waals surface area contributed by atoms with E-state index in [1.807, 2.05) is 0 Å². The van der Waals surface area contributed by atoms with Crippen molar-refractivity contribution in [3.63, 3.8) is 0 Å². The number of rotatable bonds is 0. The smallest absolute Gasteiger partial charge is 0.262 e. The number of nitriles is 4. The van der Waals surface area contributed by atoms with Gasteiger partial charge in [0.1, 0.15) is 24.3 Å². The Kier molecular flexibility index (Phi) is 1.76. The van der Waals surface area contributed by atoms with Gasteiger partial charge in [-0.05, 0) is 12.2 Å². The Labute approximate surface area is 74.3 Å². The second-order valence-corrected chi connectivity index (χ2v) is 2.35. The minimum atomic E-state index is -1.80. The van der Waals surface area contributed by atoms with E-state index in [1.54, 1.807) is 24.3 Å². The van der Waals surface area contributed by atoms with Crippen molar-refractivity contribution < 1.29 is 4.74 Å². The van der Waals surface area contributed by atoms with Crippen molar-refractivity contribution in [3.8, 4) is 24.3 Å². The lowest BCUT2D eigenvalue weighted by Crippen LogP contribution is -2.32. The molecule has 0 N–H and O–H groups in total. The third kappa shape index (κ3) is 1.10. The summed E-state index contributed by atoms with van der Waals surface area (Å²) in [7, 11) is 0. The molecule has 0 spiro atoms. The molecule has 0 fully saturated rings. The molecule has 60 valence electrons. The van der Waals surface area contributed by atoms with Crippen LogP contribution in [-0.2, 0) is 4.74 Å². The molecule has 0 aliphatic carbocycles. The van der Waals surface area contributed by atoms with Gasteiger partial charge in [-0.15, -0.1) is 0 Å². The maximum absolute atomic E-state index is 8.57. The van der Waals surface area contributed by atoms with E-state index >= 15 is 0 Å². The van der Waals surface area contributed by atoms with Crippen molar-refractivity contribution in [1.82, 2.24) is 0 Å². The Balaban J connectivity index is 3.12. The van der Waals surface area contributed by atoms with Crippen LogP contribution in [0.25, 0.3) is 0 Å². The van der Waals surface area contributed by atoms with Crippen LogP contribution in [0.4, 0.5) is 0 Å². The zero-order chi connectivity index (χ0) is 9.95. The largest absolute Gasteiger partial charge is 0.306 e. The summed E-state index contributed by atoms with van der Waals surface area (Å²) in [6.07, 6.45) is 2.22. The van der Waals surface area contributed by atoms with Gasteiger partial charge in [0.2, 0.25) is 0 Å². The SMILES string of the molecule is N#CC1(C#N)C=CC(C#N)(C#N)O1. The second kappa shape index (κ2) is 2.61. The van der Waals surface area contributed by atoms with Crippen LogP contribution in [0.3, 0.4) is 0 Å². The maximum Gasteiger partial charge on any atom is 0.262 e. The Bertz CT molecular complexity index is 355. The molecular formula is C8H2N4O. The fourth-order valence-corrected chi connectivity index (χ4v) is 0.847. The number of hydrogen-bond acceptors (Lipinski definition) is 5. The first kappa shape index (κ1) is 8.75. The molecule has 5 heteroatoms. The number of nitrogens with zero attached hydrogens (tertiary/aromatic N) is 4. The first-order valence-electron chi connectivity index (χ1n) is 3.21. The summed E-state index contributed by atoms with van der Waals surface area (Å²) in [4.78, 5) is 0. The second-order valence-electron chi connectivity index (χ2n) is 2.35. The van der Waals surface area contributed by atoms with Crippen molar-refractivity contribution in [1.29, 1.82) is 21.0 Å². The van der Waals surface area contributed by atoms with Gasteiger partial charge in [0.25, 0.3) is 11.2 Å². The summed E-state index contributed by atoms with van der Waals surface area (Å²) < 4.78 is 4.78. The summed E-state index contributed by atoms with van der Waals surface area (Å²) in [5, 5.41) is 34.3. The topological polar surface area (TPSA) is 104 Å². The summed E-state index contributed by atoms with van der Waals surface area (Å²) in [5.41, 5.74) is -3.60. The van der Waals surface area contributed by atoms with Gasteiger partial charge in [-0.3, -0.25) is 0 Å². The lowest BCUT2D eigenvalue weighted by Gasteiger charge is -2.14. The Morgan fingerprint density at radius 2 is 1.08 bits per heavy atom. The predicted octanol–water partition coefficient (Wildman–Crippen LogP) is 0.145. The summed E-state index contributed by atoms with van der Waals surface area (Å²) in [6, 6.07) is 6.31. The molecule has 5 nitrogen and oxygen atoms in total. The highest BCUT2D eigenvalue weighted by atomic mass is 16.5. The van der Waals surface area contributed by atoms with Crippen molar-refractivity contribution >= 4 is 0 Å². The Hall–Kier alpha value is -2.34. The molecule has 0 bridgehead atoms. The summed E-state index contributed by atoms with van der Waals surface area (Å²) >= 11 is 0. The molecule has 0 amide bonds. The number of hydrogen-bond donors (Lipinski definition) is 0. The van der Waals surface area contributed by atoms with E-state index in [1.165, 1.54) is 0 Å². The van der Waals surface area contributed by atoms with Crippen LogP contribution in [0.15, 0.2) is 12.2 Å². The number of ether oxygens (including phenoxy) is 1. The van der Waals surface area contributed by atoms with E-state index in [-0.39, 0.29) is 0 Å². The van der Waals surface area contributed by atoms with E-state index in [9.17, 15) is 0 Å². The monoisotopic (exact) mass is 170 g/mol. The maximum atomic E-state index is 8.57. The van der Waals surface area contributed by atoms with E-state index < -0.39 is 11.2 Å². The van der Waals surface area contributed by atoms with Crippen LogP contribution in [-0.4, -0.2) is 11.2 Å². The van der Waals surface area contributed by atoms with Gasteiger partial charge < -0.3 is 4.74 Å². The van der Waals surface area contributed by atoms with E-state index in [0.29, 0.717) is 0 Å². The molecule has 0 radical (unpaired) electrons. The molecule has 1 heterocycles. The highest BCUT2D eigenvalue weighted by Gasteiger charge is 2.46. The lowest BCUT2D eigenvalue weighted by atomic mass is 10.1. The standard InChI is InChI=1S/C8H2N4O/c9-3-7(4-10)1-2-8(5-11,6-12)13-7/h1-2H. The van der Waals surface area contributed by atoms with Crippen molar-refractivity contribution in [2.45, 2.75) is 11.2 Å². The zero-order valence-corrected chi connectivity index (χ0v) is 6.35. The molecule has 0 unspecified atom stereocenters. The quantitative estimate of drug-likeness (QED) is 0.481. The van der Waals surface area contributed by atoms with Crippen molar-refractivity contribution in [3.05, 3.63) is 12.2 Å². The lowest BCUT2D eigenvalue weighted by molar-refractivity contribution is 0.0377. The molecule has 0 aromatic heterocycles. The zero-order valence-electron chi connectivity index (χ0n) is 6.35. The van der Waals surface area contributed by atoms with Crippen LogP contribution in [0, 0.1) is 45.3 Å². The molecule has 0 aromatic rings. The third-order valence-corrected chi connectivity index (χ3v) is 1.54. The van der Waals surface area contributed by atoms with Gasteiger partial charge in [-0.2, -0.15) is 21.0 Å². The van der Waals surface area contributed by atoms with E-state index in [2.05, 4.69) is 0 Å². The van der Waals surface area contributed by atoms with Crippen molar-refractivity contribution in [2.75, 3.05) is 0 Å². The molecule has 13 heavy (non-hydrogen) atoms. The van der Waals surface area contributed by atoms with Gasteiger partial charge >= 0.3 is 0 Å². The summed E-state index contributed by atoms with van der Waals surface area (Å²) in [5.74, 6) is 0. The molecule has 0 saturated heterocycles. The van der Waals surface area contributed by atoms with Crippen LogP contribution in [0.5, 0.6) is 0 Å².